The summed E-state index contributed by atoms with van der Waals surface area (Å²) in [5, 5.41) is 5.49. The van der Waals surface area contributed by atoms with Crippen LogP contribution in [-0.2, 0) is 16.0 Å². The van der Waals surface area contributed by atoms with Gasteiger partial charge in [-0.3, -0.25) is 9.59 Å². The summed E-state index contributed by atoms with van der Waals surface area (Å²) < 4.78 is 0. The van der Waals surface area contributed by atoms with Gasteiger partial charge in [-0.1, -0.05) is 0 Å². The van der Waals surface area contributed by atoms with Crippen LogP contribution in [0, 0.1) is 0 Å². The molecule has 1 heterocycles. The molecule has 2 amide bonds. The van der Waals surface area contributed by atoms with Crippen molar-refractivity contribution in [3.05, 3.63) is 17.7 Å². The fourth-order valence-electron chi connectivity index (χ4n) is 1.79. The minimum Gasteiger partial charge on any atom is -0.398 e. The summed E-state index contributed by atoms with van der Waals surface area (Å²) in [6, 6.07) is 3.63. The number of fused-ring (bicyclic) bond motifs is 1. The highest BCUT2D eigenvalue weighted by Crippen LogP contribution is 2.33. The zero-order valence-electron chi connectivity index (χ0n) is 10.1. The van der Waals surface area contributed by atoms with Crippen LogP contribution in [0.3, 0.4) is 0 Å². The Labute approximate surface area is 110 Å². The molecule has 96 valence electrons. The van der Waals surface area contributed by atoms with E-state index in [2.05, 4.69) is 10.6 Å². The van der Waals surface area contributed by atoms with Crippen LogP contribution in [0.15, 0.2) is 17.0 Å². The summed E-state index contributed by atoms with van der Waals surface area (Å²) in [7, 11) is 0. The molecule has 0 fully saturated rings. The van der Waals surface area contributed by atoms with E-state index >= 15 is 0 Å². The number of hydrogen-bond donors (Lipinski definition) is 3. The Balaban J connectivity index is 2.08. The summed E-state index contributed by atoms with van der Waals surface area (Å²) in [6.07, 6.45) is 0.376. The molecule has 0 unspecified atom stereocenters. The van der Waals surface area contributed by atoms with E-state index in [4.69, 9.17) is 5.73 Å². The van der Waals surface area contributed by atoms with Gasteiger partial charge < -0.3 is 16.4 Å². The fourth-order valence-corrected chi connectivity index (χ4v) is 2.61. The molecule has 2 rings (SSSR count). The topological polar surface area (TPSA) is 84.2 Å². The third-order valence-corrected chi connectivity index (χ3v) is 3.66. The largest absolute Gasteiger partial charge is 0.398 e. The van der Waals surface area contributed by atoms with E-state index in [0.29, 0.717) is 24.4 Å². The van der Waals surface area contributed by atoms with E-state index in [9.17, 15) is 9.59 Å². The van der Waals surface area contributed by atoms with Gasteiger partial charge in [-0.15, -0.1) is 11.8 Å². The van der Waals surface area contributed by atoms with Crippen molar-refractivity contribution in [2.24, 2.45) is 0 Å². The van der Waals surface area contributed by atoms with Gasteiger partial charge in [0.2, 0.25) is 11.8 Å². The van der Waals surface area contributed by atoms with Crippen LogP contribution in [0.2, 0.25) is 0 Å². The van der Waals surface area contributed by atoms with Crippen LogP contribution in [0.1, 0.15) is 12.5 Å². The molecule has 0 aliphatic carbocycles. The second kappa shape index (κ2) is 5.30. The first kappa shape index (κ1) is 12.8. The molecule has 18 heavy (non-hydrogen) atoms. The molecule has 0 radical (unpaired) electrons. The summed E-state index contributed by atoms with van der Waals surface area (Å²) in [5.41, 5.74) is 8.23. The first-order valence-electron chi connectivity index (χ1n) is 5.72. The molecule has 0 saturated heterocycles. The number of nitrogens with one attached hydrogen (secondary N) is 2. The minimum atomic E-state index is -0.0218. The van der Waals surface area contributed by atoms with Gasteiger partial charge in [0.1, 0.15) is 0 Å². The lowest BCUT2D eigenvalue weighted by molar-refractivity contribution is -0.118. The average molecular weight is 265 g/mol. The molecule has 1 aromatic rings. The average Bonchev–Trinajstić information content (AvgIpc) is 2.65. The summed E-state index contributed by atoms with van der Waals surface area (Å²) >= 11 is 1.37. The van der Waals surface area contributed by atoms with Gasteiger partial charge in [0.15, 0.2) is 0 Å². The van der Waals surface area contributed by atoms with Crippen molar-refractivity contribution in [1.82, 2.24) is 5.32 Å². The van der Waals surface area contributed by atoms with Crippen LogP contribution in [0.5, 0.6) is 0 Å². The van der Waals surface area contributed by atoms with E-state index in [-0.39, 0.29) is 11.8 Å². The molecule has 0 atom stereocenters. The van der Waals surface area contributed by atoms with E-state index in [1.807, 2.05) is 13.0 Å². The molecular formula is C12H15N3O2S. The van der Waals surface area contributed by atoms with Gasteiger partial charge in [0.05, 0.1) is 12.2 Å². The first-order chi connectivity index (χ1) is 8.60. The Hall–Kier alpha value is -1.69. The van der Waals surface area contributed by atoms with Gasteiger partial charge in [-0.2, -0.15) is 0 Å². The lowest BCUT2D eigenvalue weighted by Crippen LogP contribution is -2.24. The molecule has 6 heteroatoms. The molecule has 0 aromatic heterocycles. The third-order valence-electron chi connectivity index (χ3n) is 2.59. The van der Waals surface area contributed by atoms with E-state index in [1.165, 1.54) is 11.8 Å². The number of hydrogen-bond acceptors (Lipinski definition) is 4. The van der Waals surface area contributed by atoms with E-state index < -0.39 is 0 Å². The van der Waals surface area contributed by atoms with Crippen LogP contribution in [-0.4, -0.2) is 24.1 Å². The van der Waals surface area contributed by atoms with Crippen molar-refractivity contribution in [2.75, 3.05) is 23.3 Å². The van der Waals surface area contributed by atoms with Crippen LogP contribution < -0.4 is 16.4 Å². The number of benzene rings is 1. The SMILES string of the molecule is CCNC(=O)CSc1cc2c(cc1N)CC(=O)N2. The second-order valence-electron chi connectivity index (χ2n) is 4.01. The number of nitrogens with two attached hydrogens (primary N) is 1. The number of carbonyl (C=O) groups excluding carboxylic acids is 2. The van der Waals surface area contributed by atoms with Crippen molar-refractivity contribution >= 4 is 35.0 Å². The van der Waals surface area contributed by atoms with Crippen LogP contribution in [0.4, 0.5) is 11.4 Å². The number of carbonyl (C=O) groups is 2. The Bertz CT molecular complexity index is 502. The van der Waals surface area contributed by atoms with Crippen molar-refractivity contribution in [1.29, 1.82) is 0 Å². The first-order valence-corrected chi connectivity index (χ1v) is 6.70. The number of nitrogen functional groups attached to an aromatic ring is 1. The van der Waals surface area contributed by atoms with Crippen molar-refractivity contribution in [3.63, 3.8) is 0 Å². The number of anilines is 2. The molecule has 1 aromatic carbocycles. The fraction of sp³-hybridized carbons (Fsp3) is 0.333. The van der Waals surface area contributed by atoms with Crippen LogP contribution >= 0.6 is 11.8 Å². The summed E-state index contributed by atoms with van der Waals surface area (Å²) in [4.78, 5) is 23.4. The number of thioether (sulfide) groups is 1. The smallest absolute Gasteiger partial charge is 0.230 e. The van der Waals surface area contributed by atoms with E-state index in [0.717, 1.165) is 16.1 Å². The van der Waals surface area contributed by atoms with Gasteiger partial charge in [0, 0.05) is 22.8 Å². The van der Waals surface area contributed by atoms with Crippen molar-refractivity contribution in [3.8, 4) is 0 Å². The van der Waals surface area contributed by atoms with Gasteiger partial charge >= 0.3 is 0 Å². The zero-order chi connectivity index (χ0) is 13.1. The lowest BCUT2D eigenvalue weighted by atomic mass is 10.1. The monoisotopic (exact) mass is 265 g/mol. The van der Waals surface area contributed by atoms with Gasteiger partial charge in [0.25, 0.3) is 0 Å². The van der Waals surface area contributed by atoms with Gasteiger partial charge in [-0.25, -0.2) is 0 Å². The molecule has 4 N–H and O–H groups in total. The Morgan fingerprint density at radius 3 is 3.06 bits per heavy atom. The maximum Gasteiger partial charge on any atom is 0.230 e. The number of amides is 2. The zero-order valence-corrected chi connectivity index (χ0v) is 10.9. The van der Waals surface area contributed by atoms with Crippen molar-refractivity contribution < 1.29 is 9.59 Å². The molecule has 0 saturated carbocycles. The lowest BCUT2D eigenvalue weighted by Gasteiger charge is -2.08. The predicted octanol–water partition coefficient (Wildman–Crippen LogP) is 0.992. The van der Waals surface area contributed by atoms with Crippen LogP contribution in [0.25, 0.3) is 0 Å². The highest BCUT2D eigenvalue weighted by Gasteiger charge is 2.19. The highest BCUT2D eigenvalue weighted by molar-refractivity contribution is 8.00. The molecule has 1 aliphatic heterocycles. The molecule has 0 spiro atoms. The summed E-state index contributed by atoms with van der Waals surface area (Å²) in [6.45, 7) is 2.50. The minimum absolute atomic E-state index is 0.0183. The Morgan fingerprint density at radius 1 is 1.56 bits per heavy atom. The van der Waals surface area contributed by atoms with E-state index in [1.54, 1.807) is 6.07 Å². The second-order valence-corrected chi connectivity index (χ2v) is 5.03. The summed E-state index contributed by atoms with van der Waals surface area (Å²) in [5.74, 6) is 0.284. The van der Waals surface area contributed by atoms with Gasteiger partial charge in [-0.05, 0) is 24.6 Å². The predicted molar refractivity (Wildman–Crippen MR) is 72.6 cm³/mol. The highest BCUT2D eigenvalue weighted by atomic mass is 32.2. The molecule has 0 bridgehead atoms. The molecular weight excluding hydrogens is 250 g/mol. The maximum atomic E-state index is 11.4. The molecule has 1 aliphatic rings. The normalized spacial score (nSPS) is 13.1. The maximum absolute atomic E-state index is 11.4. The Kier molecular flexibility index (Phi) is 3.76. The quantitative estimate of drug-likeness (QED) is 0.560. The third kappa shape index (κ3) is 2.76. The Morgan fingerprint density at radius 2 is 2.33 bits per heavy atom. The standard InChI is InChI=1S/C12H15N3O2S/c1-2-14-12(17)6-18-10-5-9-7(3-8(10)13)4-11(16)15-9/h3,5H,2,4,6,13H2,1H3,(H,14,17)(H,15,16). The van der Waals surface area contributed by atoms with Crippen molar-refractivity contribution in [2.45, 2.75) is 18.2 Å². The number of rotatable bonds is 4. The molecule has 5 nitrogen and oxygen atoms in total.